The zero-order chi connectivity index (χ0) is 23.6. The lowest BCUT2D eigenvalue weighted by atomic mass is 9.97. The summed E-state index contributed by atoms with van der Waals surface area (Å²) in [5.74, 6) is 0.377. The van der Waals surface area contributed by atoms with Crippen molar-refractivity contribution in [3.63, 3.8) is 0 Å². The first kappa shape index (κ1) is 22.3. The van der Waals surface area contributed by atoms with E-state index in [1.54, 1.807) is 24.3 Å². The lowest BCUT2D eigenvalue weighted by molar-refractivity contribution is -0.140. The van der Waals surface area contributed by atoms with Crippen molar-refractivity contribution in [3.8, 4) is 39.6 Å². The largest absolute Gasteiger partial charge is 0.507 e. The van der Waals surface area contributed by atoms with Crippen molar-refractivity contribution < 1.29 is 27.8 Å². The summed E-state index contributed by atoms with van der Waals surface area (Å²) in [5.41, 5.74) is 1.11. The average Bonchev–Trinajstić information content (AvgIpc) is 3.24. The lowest BCUT2D eigenvalue weighted by Crippen LogP contribution is -2.07. The Bertz CT molecular complexity index is 1280. The molecule has 0 aliphatic heterocycles. The summed E-state index contributed by atoms with van der Waals surface area (Å²) < 4.78 is 52.3. The second-order valence-corrected chi connectivity index (χ2v) is 7.41. The summed E-state index contributed by atoms with van der Waals surface area (Å²) in [6.07, 6.45) is -4.69. The SMILES string of the molecule is COc1ccccc1-c1c(-c2ccc(OCc3ccccc3C)cc2O)n[nH]c1C(F)(F)F. The highest BCUT2D eigenvalue weighted by molar-refractivity contribution is 5.88. The van der Waals surface area contributed by atoms with Crippen molar-refractivity contribution in [1.29, 1.82) is 0 Å². The molecular formula is C25H21F3N2O3. The van der Waals surface area contributed by atoms with E-state index in [4.69, 9.17) is 9.47 Å². The first-order valence-electron chi connectivity index (χ1n) is 10.1. The van der Waals surface area contributed by atoms with Crippen LogP contribution in [-0.4, -0.2) is 22.4 Å². The number of aryl methyl sites for hydroxylation is 1. The van der Waals surface area contributed by atoms with Gasteiger partial charge in [0.2, 0.25) is 0 Å². The van der Waals surface area contributed by atoms with Crippen LogP contribution < -0.4 is 9.47 Å². The number of aromatic amines is 1. The van der Waals surface area contributed by atoms with Crippen molar-refractivity contribution in [1.82, 2.24) is 10.2 Å². The Morgan fingerprint density at radius 1 is 0.970 bits per heavy atom. The minimum absolute atomic E-state index is 0.0465. The van der Waals surface area contributed by atoms with E-state index in [0.29, 0.717) is 12.4 Å². The van der Waals surface area contributed by atoms with Crippen LogP contribution in [0, 0.1) is 6.92 Å². The molecular weight excluding hydrogens is 433 g/mol. The second kappa shape index (κ2) is 8.90. The van der Waals surface area contributed by atoms with Crippen molar-refractivity contribution in [2.75, 3.05) is 7.11 Å². The third kappa shape index (κ3) is 4.50. The van der Waals surface area contributed by atoms with Gasteiger partial charge in [-0.25, -0.2) is 0 Å². The maximum Gasteiger partial charge on any atom is 0.433 e. The molecule has 0 atom stereocenters. The summed E-state index contributed by atoms with van der Waals surface area (Å²) >= 11 is 0. The number of hydrogen-bond acceptors (Lipinski definition) is 4. The van der Waals surface area contributed by atoms with Crippen LogP contribution in [-0.2, 0) is 12.8 Å². The quantitative estimate of drug-likeness (QED) is 0.356. The van der Waals surface area contributed by atoms with Crippen LogP contribution in [0.25, 0.3) is 22.4 Å². The van der Waals surface area contributed by atoms with Crippen LogP contribution in [0.2, 0.25) is 0 Å². The van der Waals surface area contributed by atoms with E-state index in [-0.39, 0.29) is 33.9 Å². The second-order valence-electron chi connectivity index (χ2n) is 7.41. The van der Waals surface area contributed by atoms with E-state index in [2.05, 4.69) is 10.2 Å². The van der Waals surface area contributed by atoms with Gasteiger partial charge in [0.05, 0.1) is 7.11 Å². The number of phenolic OH excluding ortho intramolecular Hbond substituents is 1. The van der Waals surface area contributed by atoms with Gasteiger partial charge in [0, 0.05) is 22.8 Å². The number of nitrogens with one attached hydrogen (secondary N) is 1. The molecule has 170 valence electrons. The summed E-state index contributed by atoms with van der Waals surface area (Å²) in [6, 6.07) is 18.5. The zero-order valence-corrected chi connectivity index (χ0v) is 17.9. The number of halogens is 3. The number of benzene rings is 3. The molecule has 0 saturated heterocycles. The molecule has 0 unspecified atom stereocenters. The fourth-order valence-electron chi connectivity index (χ4n) is 3.59. The van der Waals surface area contributed by atoms with Gasteiger partial charge in [-0.1, -0.05) is 42.5 Å². The third-order valence-corrected chi connectivity index (χ3v) is 5.31. The molecule has 4 rings (SSSR count). The molecule has 0 aliphatic rings. The Labute approximate surface area is 188 Å². The molecule has 2 N–H and O–H groups in total. The van der Waals surface area contributed by atoms with Crippen LogP contribution in [0.15, 0.2) is 66.7 Å². The number of methoxy groups -OCH3 is 1. The van der Waals surface area contributed by atoms with Gasteiger partial charge in [-0.15, -0.1) is 0 Å². The van der Waals surface area contributed by atoms with E-state index in [0.717, 1.165) is 11.1 Å². The topological polar surface area (TPSA) is 67.4 Å². The fraction of sp³-hybridized carbons (Fsp3) is 0.160. The number of rotatable bonds is 6. The number of para-hydroxylation sites is 1. The molecule has 0 aliphatic carbocycles. The standard InChI is InChI=1S/C25H21F3N2O3/c1-15-7-3-4-8-16(15)14-33-17-11-12-18(20(31)13-17)23-22(24(30-29-23)25(26,27)28)19-9-5-6-10-21(19)32-2/h3-13,31H,14H2,1-2H3,(H,29,30). The summed E-state index contributed by atoms with van der Waals surface area (Å²) in [6.45, 7) is 2.26. The summed E-state index contributed by atoms with van der Waals surface area (Å²) in [4.78, 5) is 0. The monoisotopic (exact) mass is 454 g/mol. The van der Waals surface area contributed by atoms with E-state index >= 15 is 0 Å². The maximum absolute atomic E-state index is 13.8. The van der Waals surface area contributed by atoms with Crippen molar-refractivity contribution in [2.24, 2.45) is 0 Å². The molecule has 0 fully saturated rings. The van der Waals surface area contributed by atoms with Crippen LogP contribution in [0.3, 0.4) is 0 Å². The minimum Gasteiger partial charge on any atom is -0.507 e. The first-order chi connectivity index (χ1) is 15.8. The molecule has 1 aromatic heterocycles. The third-order valence-electron chi connectivity index (χ3n) is 5.31. The summed E-state index contributed by atoms with van der Waals surface area (Å²) in [7, 11) is 1.38. The molecule has 33 heavy (non-hydrogen) atoms. The van der Waals surface area contributed by atoms with Gasteiger partial charge in [-0.3, -0.25) is 5.10 Å². The van der Waals surface area contributed by atoms with E-state index < -0.39 is 11.9 Å². The molecule has 8 heteroatoms. The van der Waals surface area contributed by atoms with Crippen LogP contribution >= 0.6 is 0 Å². The highest BCUT2D eigenvalue weighted by Gasteiger charge is 2.39. The Hall–Kier alpha value is -3.94. The number of phenols is 1. The maximum atomic E-state index is 13.8. The van der Waals surface area contributed by atoms with Gasteiger partial charge in [-0.2, -0.15) is 18.3 Å². The highest BCUT2D eigenvalue weighted by Crippen LogP contribution is 2.46. The van der Waals surface area contributed by atoms with E-state index in [1.165, 1.54) is 25.3 Å². The van der Waals surface area contributed by atoms with Gasteiger partial charge in [0.1, 0.15) is 35.2 Å². The van der Waals surface area contributed by atoms with Crippen molar-refractivity contribution in [2.45, 2.75) is 19.7 Å². The normalized spacial score (nSPS) is 11.4. The highest BCUT2D eigenvalue weighted by atomic mass is 19.4. The Kier molecular flexibility index (Phi) is 6.00. The average molecular weight is 454 g/mol. The van der Waals surface area contributed by atoms with Gasteiger partial charge < -0.3 is 14.6 Å². The molecule has 0 amide bonds. The number of hydrogen-bond donors (Lipinski definition) is 2. The van der Waals surface area contributed by atoms with Gasteiger partial charge in [0.15, 0.2) is 0 Å². The van der Waals surface area contributed by atoms with Crippen molar-refractivity contribution in [3.05, 3.63) is 83.6 Å². The van der Waals surface area contributed by atoms with Crippen LogP contribution in [0.4, 0.5) is 13.2 Å². The van der Waals surface area contributed by atoms with Crippen LogP contribution in [0.1, 0.15) is 16.8 Å². The predicted molar refractivity (Wildman–Crippen MR) is 118 cm³/mol. The number of aromatic hydroxyl groups is 1. The van der Waals surface area contributed by atoms with Gasteiger partial charge >= 0.3 is 6.18 Å². The lowest BCUT2D eigenvalue weighted by Gasteiger charge is -2.14. The zero-order valence-electron chi connectivity index (χ0n) is 17.9. The first-order valence-corrected chi connectivity index (χ1v) is 10.1. The molecule has 0 bridgehead atoms. The number of alkyl halides is 3. The van der Waals surface area contributed by atoms with Gasteiger partial charge in [-0.05, 0) is 36.2 Å². The molecule has 4 aromatic rings. The molecule has 3 aromatic carbocycles. The van der Waals surface area contributed by atoms with Crippen LogP contribution in [0.5, 0.6) is 17.2 Å². The molecule has 0 radical (unpaired) electrons. The molecule has 5 nitrogen and oxygen atoms in total. The molecule has 0 spiro atoms. The summed E-state index contributed by atoms with van der Waals surface area (Å²) in [5, 5.41) is 16.6. The molecule has 0 saturated carbocycles. The molecule has 1 heterocycles. The number of H-pyrrole nitrogens is 1. The smallest absolute Gasteiger partial charge is 0.433 e. The Morgan fingerprint density at radius 2 is 1.70 bits per heavy atom. The number of aromatic nitrogens is 2. The van der Waals surface area contributed by atoms with E-state index in [1.807, 2.05) is 31.2 Å². The van der Waals surface area contributed by atoms with Crippen molar-refractivity contribution >= 4 is 0 Å². The Balaban J connectivity index is 1.74. The number of ether oxygens (including phenoxy) is 2. The van der Waals surface area contributed by atoms with E-state index in [9.17, 15) is 18.3 Å². The predicted octanol–water partition coefficient (Wildman–Crippen LogP) is 6.36. The minimum atomic E-state index is -4.69. The van der Waals surface area contributed by atoms with Gasteiger partial charge in [0.25, 0.3) is 0 Å². The fourth-order valence-corrected chi connectivity index (χ4v) is 3.59. The number of nitrogens with zero attached hydrogens (tertiary/aromatic N) is 1. The Morgan fingerprint density at radius 3 is 2.39 bits per heavy atom.